The Hall–Kier alpha value is -1.96. The predicted molar refractivity (Wildman–Crippen MR) is 116 cm³/mol. The number of ether oxygens (including phenoxy) is 1. The van der Waals surface area contributed by atoms with Gasteiger partial charge in [0.05, 0.1) is 18.4 Å². The molecule has 5 nitrogen and oxygen atoms in total. The standard InChI is InChI=1S/C21H22BrN3O2S/c1-14-5-4-6-17(13-14)20-23-24-21(25(20)11-12-27-3)28-15(2)19(26)16-7-9-18(22)10-8-16/h4-10,13,15H,11-12H2,1-3H3/t15-/m1/s1. The van der Waals surface area contributed by atoms with E-state index in [1.807, 2.05) is 60.9 Å². The highest BCUT2D eigenvalue weighted by atomic mass is 79.9. The Labute approximate surface area is 177 Å². The number of carbonyl (C=O) groups excluding carboxylic acids is 1. The van der Waals surface area contributed by atoms with Crippen LogP contribution in [0.4, 0.5) is 0 Å². The molecule has 0 aliphatic carbocycles. The van der Waals surface area contributed by atoms with E-state index < -0.39 is 0 Å². The number of hydrogen-bond acceptors (Lipinski definition) is 5. The molecule has 28 heavy (non-hydrogen) atoms. The maximum atomic E-state index is 12.8. The molecule has 0 spiro atoms. The number of nitrogens with zero attached hydrogens (tertiary/aromatic N) is 3. The van der Waals surface area contributed by atoms with E-state index >= 15 is 0 Å². The Morgan fingerprint density at radius 3 is 2.64 bits per heavy atom. The first-order chi connectivity index (χ1) is 13.5. The average molecular weight is 460 g/mol. The van der Waals surface area contributed by atoms with Crippen LogP contribution in [-0.2, 0) is 11.3 Å². The highest BCUT2D eigenvalue weighted by Crippen LogP contribution is 2.29. The first-order valence-electron chi connectivity index (χ1n) is 8.95. The van der Waals surface area contributed by atoms with E-state index in [0.29, 0.717) is 23.9 Å². The lowest BCUT2D eigenvalue weighted by molar-refractivity contribution is 0.0994. The summed E-state index contributed by atoms with van der Waals surface area (Å²) in [5, 5.41) is 9.20. The third-order valence-corrected chi connectivity index (χ3v) is 5.90. The molecule has 1 heterocycles. The Balaban J connectivity index is 1.86. The number of hydrogen-bond donors (Lipinski definition) is 0. The SMILES string of the molecule is COCCn1c(S[C@H](C)C(=O)c2ccc(Br)cc2)nnc1-c1cccc(C)c1. The molecule has 0 amide bonds. The number of Topliss-reactive ketones (excluding diaryl/α,β-unsaturated/α-hetero) is 1. The highest BCUT2D eigenvalue weighted by molar-refractivity contribution is 9.10. The van der Waals surface area contributed by atoms with Crippen molar-refractivity contribution >= 4 is 33.5 Å². The number of benzene rings is 2. The van der Waals surface area contributed by atoms with E-state index in [9.17, 15) is 4.79 Å². The van der Waals surface area contributed by atoms with Crippen molar-refractivity contribution < 1.29 is 9.53 Å². The normalized spacial score (nSPS) is 12.1. The van der Waals surface area contributed by atoms with Crippen molar-refractivity contribution in [1.29, 1.82) is 0 Å². The lowest BCUT2D eigenvalue weighted by Crippen LogP contribution is -2.15. The summed E-state index contributed by atoms with van der Waals surface area (Å²) >= 11 is 4.82. The molecule has 0 aliphatic heterocycles. The van der Waals surface area contributed by atoms with Crippen molar-refractivity contribution in [2.24, 2.45) is 0 Å². The van der Waals surface area contributed by atoms with Gasteiger partial charge >= 0.3 is 0 Å². The van der Waals surface area contributed by atoms with E-state index in [2.05, 4.69) is 32.2 Å². The second kappa shape index (κ2) is 9.49. The molecule has 1 aromatic heterocycles. The number of halogens is 1. The molecule has 0 bridgehead atoms. The van der Waals surface area contributed by atoms with Crippen LogP contribution in [0, 0.1) is 6.92 Å². The van der Waals surface area contributed by atoms with Crippen LogP contribution >= 0.6 is 27.7 Å². The first-order valence-corrected chi connectivity index (χ1v) is 10.6. The van der Waals surface area contributed by atoms with Crippen molar-refractivity contribution in [2.75, 3.05) is 13.7 Å². The third kappa shape index (κ3) is 4.90. The van der Waals surface area contributed by atoms with Crippen molar-refractivity contribution in [3.05, 3.63) is 64.1 Å². The third-order valence-electron chi connectivity index (χ3n) is 4.29. The zero-order valence-electron chi connectivity index (χ0n) is 16.1. The largest absolute Gasteiger partial charge is 0.383 e. The molecule has 0 fully saturated rings. The molecule has 0 saturated heterocycles. The molecular weight excluding hydrogens is 438 g/mol. The van der Waals surface area contributed by atoms with Crippen molar-refractivity contribution in [2.45, 2.75) is 30.8 Å². The smallest absolute Gasteiger partial charge is 0.192 e. The van der Waals surface area contributed by atoms with E-state index in [0.717, 1.165) is 21.4 Å². The Morgan fingerprint density at radius 1 is 1.21 bits per heavy atom. The minimum atomic E-state index is -0.281. The summed E-state index contributed by atoms with van der Waals surface area (Å²) in [6.45, 7) is 5.11. The summed E-state index contributed by atoms with van der Waals surface area (Å²) in [7, 11) is 1.67. The predicted octanol–water partition coefficient (Wildman–Crippen LogP) is 5.03. The van der Waals surface area contributed by atoms with Crippen LogP contribution in [0.2, 0.25) is 0 Å². The van der Waals surface area contributed by atoms with Gasteiger partial charge in [-0.3, -0.25) is 9.36 Å². The molecule has 1 atom stereocenters. The van der Waals surface area contributed by atoms with Gasteiger partial charge in [-0.15, -0.1) is 10.2 Å². The minimum absolute atomic E-state index is 0.0656. The van der Waals surface area contributed by atoms with Crippen LogP contribution in [0.5, 0.6) is 0 Å². The minimum Gasteiger partial charge on any atom is -0.383 e. The van der Waals surface area contributed by atoms with Gasteiger partial charge in [0.1, 0.15) is 0 Å². The number of carbonyl (C=O) groups is 1. The van der Waals surface area contributed by atoms with E-state index in [4.69, 9.17) is 4.74 Å². The van der Waals surface area contributed by atoms with E-state index in [1.165, 1.54) is 11.8 Å². The summed E-state index contributed by atoms with van der Waals surface area (Å²) in [4.78, 5) is 12.8. The topological polar surface area (TPSA) is 57.0 Å². The van der Waals surface area contributed by atoms with Gasteiger partial charge in [0.2, 0.25) is 0 Å². The molecule has 3 aromatic rings. The maximum absolute atomic E-state index is 12.8. The summed E-state index contributed by atoms with van der Waals surface area (Å²) in [5.74, 6) is 0.849. The maximum Gasteiger partial charge on any atom is 0.192 e. The Morgan fingerprint density at radius 2 is 1.96 bits per heavy atom. The van der Waals surface area contributed by atoms with Gasteiger partial charge in [0.25, 0.3) is 0 Å². The quantitative estimate of drug-likeness (QED) is 0.349. The molecular formula is C21H22BrN3O2S. The van der Waals surface area contributed by atoms with Gasteiger partial charge < -0.3 is 4.74 Å². The Bertz CT molecular complexity index is 957. The monoisotopic (exact) mass is 459 g/mol. The molecule has 7 heteroatoms. The van der Waals surface area contributed by atoms with Crippen molar-refractivity contribution in [3.8, 4) is 11.4 Å². The van der Waals surface area contributed by atoms with Gasteiger partial charge in [-0.05, 0) is 32.0 Å². The molecule has 0 radical (unpaired) electrons. The molecule has 0 saturated carbocycles. The second-order valence-corrected chi connectivity index (χ2v) is 8.67. The van der Waals surface area contributed by atoms with Gasteiger partial charge in [0, 0.05) is 22.7 Å². The van der Waals surface area contributed by atoms with Crippen LogP contribution in [0.25, 0.3) is 11.4 Å². The summed E-state index contributed by atoms with van der Waals surface area (Å²) in [6, 6.07) is 15.6. The fourth-order valence-corrected chi connectivity index (χ4v) is 4.03. The van der Waals surface area contributed by atoms with Crippen LogP contribution in [0.1, 0.15) is 22.8 Å². The van der Waals surface area contributed by atoms with Gasteiger partial charge in [-0.2, -0.15) is 0 Å². The van der Waals surface area contributed by atoms with E-state index in [-0.39, 0.29) is 11.0 Å². The fourth-order valence-electron chi connectivity index (χ4n) is 2.82. The first kappa shape index (κ1) is 20.8. The fraction of sp³-hybridized carbons (Fsp3) is 0.286. The molecule has 3 rings (SSSR count). The summed E-state index contributed by atoms with van der Waals surface area (Å²) < 4.78 is 8.23. The van der Waals surface area contributed by atoms with Crippen LogP contribution in [-0.4, -0.2) is 39.5 Å². The number of thioether (sulfide) groups is 1. The summed E-state index contributed by atoms with van der Waals surface area (Å²) in [6.07, 6.45) is 0. The lowest BCUT2D eigenvalue weighted by Gasteiger charge is -2.13. The molecule has 2 aromatic carbocycles. The zero-order valence-corrected chi connectivity index (χ0v) is 18.5. The lowest BCUT2D eigenvalue weighted by atomic mass is 10.1. The van der Waals surface area contributed by atoms with Crippen LogP contribution in [0.3, 0.4) is 0 Å². The second-order valence-electron chi connectivity index (χ2n) is 6.45. The molecule has 0 N–H and O–H groups in total. The number of rotatable bonds is 8. The van der Waals surface area contributed by atoms with Gasteiger partial charge in [-0.25, -0.2) is 0 Å². The summed E-state index contributed by atoms with van der Waals surface area (Å²) in [5.41, 5.74) is 2.85. The number of ketones is 1. The van der Waals surface area contributed by atoms with E-state index in [1.54, 1.807) is 7.11 Å². The van der Waals surface area contributed by atoms with Crippen LogP contribution in [0.15, 0.2) is 58.2 Å². The van der Waals surface area contributed by atoms with Crippen molar-refractivity contribution in [1.82, 2.24) is 14.8 Å². The zero-order chi connectivity index (χ0) is 20.1. The number of aromatic nitrogens is 3. The van der Waals surface area contributed by atoms with Gasteiger partial charge in [0.15, 0.2) is 16.8 Å². The van der Waals surface area contributed by atoms with Gasteiger partial charge in [-0.1, -0.05) is 63.6 Å². The number of aryl methyl sites for hydroxylation is 1. The Kier molecular flexibility index (Phi) is 7.04. The average Bonchev–Trinajstić information content (AvgIpc) is 3.08. The highest BCUT2D eigenvalue weighted by Gasteiger charge is 2.22. The number of methoxy groups -OCH3 is 1. The molecule has 0 unspecified atom stereocenters. The van der Waals surface area contributed by atoms with Crippen LogP contribution < -0.4 is 0 Å². The van der Waals surface area contributed by atoms with Crippen molar-refractivity contribution in [3.63, 3.8) is 0 Å². The molecule has 0 aliphatic rings. The molecule has 146 valence electrons.